The summed E-state index contributed by atoms with van der Waals surface area (Å²) in [7, 11) is 3.16. The SMILES string of the molecule is CCOC(=O)c1ccc(N2C(=O)[C@@H]3[C@H]4C[C@H]([C@H]5ON=C(c6ccc(OC)c(OC)c6)[C@H]45)[C@@H]3C2=O)cc1. The number of benzene rings is 2. The Morgan fingerprint density at radius 1 is 0.972 bits per heavy atom. The average molecular weight is 491 g/mol. The van der Waals surface area contributed by atoms with Crippen LogP contribution >= 0.6 is 0 Å². The molecule has 3 fully saturated rings. The minimum atomic E-state index is -0.440. The molecule has 1 saturated heterocycles. The number of oxime groups is 1. The van der Waals surface area contributed by atoms with Crippen molar-refractivity contribution in [3.8, 4) is 11.5 Å². The zero-order chi connectivity index (χ0) is 25.1. The Balaban J connectivity index is 1.27. The summed E-state index contributed by atoms with van der Waals surface area (Å²) in [6.45, 7) is 2.01. The van der Waals surface area contributed by atoms with E-state index in [1.54, 1.807) is 45.4 Å². The average Bonchev–Trinajstić information content (AvgIpc) is 3.64. The van der Waals surface area contributed by atoms with Crippen LogP contribution in [0.4, 0.5) is 5.69 Å². The molecule has 2 amide bonds. The number of fused-ring (bicyclic) bond motifs is 8. The van der Waals surface area contributed by atoms with Crippen LogP contribution < -0.4 is 14.4 Å². The van der Waals surface area contributed by atoms with Gasteiger partial charge in [-0.3, -0.25) is 14.5 Å². The summed E-state index contributed by atoms with van der Waals surface area (Å²) in [4.78, 5) is 46.3. The number of carbonyl (C=O) groups excluding carboxylic acids is 3. The van der Waals surface area contributed by atoms with E-state index in [2.05, 4.69) is 5.16 Å². The quantitative estimate of drug-likeness (QED) is 0.453. The van der Waals surface area contributed by atoms with Crippen LogP contribution in [0.2, 0.25) is 0 Å². The molecule has 2 aliphatic carbocycles. The smallest absolute Gasteiger partial charge is 0.338 e. The maximum atomic E-state index is 13.6. The van der Waals surface area contributed by atoms with Crippen molar-refractivity contribution >= 4 is 29.2 Å². The molecule has 0 spiro atoms. The highest BCUT2D eigenvalue weighted by Crippen LogP contribution is 2.62. The van der Waals surface area contributed by atoms with Gasteiger partial charge in [0.25, 0.3) is 0 Å². The maximum absolute atomic E-state index is 13.6. The molecule has 0 unspecified atom stereocenters. The van der Waals surface area contributed by atoms with E-state index in [4.69, 9.17) is 19.0 Å². The summed E-state index contributed by atoms with van der Waals surface area (Å²) in [5.74, 6) is -0.665. The van der Waals surface area contributed by atoms with E-state index in [1.807, 2.05) is 18.2 Å². The van der Waals surface area contributed by atoms with Crippen LogP contribution in [0.25, 0.3) is 0 Å². The van der Waals surface area contributed by atoms with Crippen LogP contribution in [0.5, 0.6) is 11.5 Å². The Morgan fingerprint density at radius 2 is 1.67 bits per heavy atom. The lowest BCUT2D eigenvalue weighted by Crippen LogP contribution is -2.41. The standard InChI is InChI=1S/C27H26N2O7/c1-4-35-27(32)13-5-8-15(9-6-13)29-25(30)20-16-12-17(21(20)26(29)31)24-22(16)23(28-36-24)14-7-10-18(33-2)19(11-14)34-3/h5-11,16-17,20-22,24H,4,12H2,1-3H3/t16-,17+,20-,21+,22+,24-/m1/s1. The van der Waals surface area contributed by atoms with E-state index < -0.39 is 17.8 Å². The summed E-state index contributed by atoms with van der Waals surface area (Å²) in [6.07, 6.45) is 0.520. The molecule has 0 aromatic heterocycles. The third kappa shape index (κ3) is 3.08. The van der Waals surface area contributed by atoms with Crippen LogP contribution in [0.3, 0.4) is 0 Å². The molecule has 0 radical (unpaired) electrons. The molecule has 6 rings (SSSR count). The van der Waals surface area contributed by atoms with E-state index in [0.29, 0.717) is 22.7 Å². The van der Waals surface area contributed by atoms with E-state index in [-0.39, 0.29) is 42.3 Å². The fraction of sp³-hybridized carbons (Fsp3) is 0.407. The molecule has 2 aromatic carbocycles. The zero-order valence-corrected chi connectivity index (χ0v) is 20.2. The zero-order valence-electron chi connectivity index (χ0n) is 20.2. The van der Waals surface area contributed by atoms with Gasteiger partial charge in [-0.25, -0.2) is 4.79 Å². The molecule has 2 bridgehead atoms. The van der Waals surface area contributed by atoms with E-state index >= 15 is 0 Å². The van der Waals surface area contributed by atoms with E-state index in [9.17, 15) is 14.4 Å². The maximum Gasteiger partial charge on any atom is 0.338 e. The van der Waals surface area contributed by atoms with Crippen LogP contribution in [0, 0.1) is 29.6 Å². The van der Waals surface area contributed by atoms with Crippen molar-refractivity contribution in [3.05, 3.63) is 53.6 Å². The molecule has 0 N–H and O–H groups in total. The predicted molar refractivity (Wildman–Crippen MR) is 128 cm³/mol. The minimum absolute atomic E-state index is 0.0420. The Hall–Kier alpha value is -3.88. The number of anilines is 1. The number of rotatable bonds is 6. The van der Waals surface area contributed by atoms with Crippen molar-refractivity contribution in [2.45, 2.75) is 19.4 Å². The number of hydrogen-bond acceptors (Lipinski definition) is 8. The molecule has 9 heteroatoms. The van der Waals surface area contributed by atoms with Crippen LogP contribution in [-0.4, -0.2) is 50.4 Å². The van der Waals surface area contributed by atoms with Gasteiger partial charge in [0.1, 0.15) is 6.10 Å². The summed E-state index contributed by atoms with van der Waals surface area (Å²) in [6, 6.07) is 12.0. The van der Waals surface area contributed by atoms with Crippen molar-refractivity contribution in [1.82, 2.24) is 0 Å². The molecule has 36 heavy (non-hydrogen) atoms. The van der Waals surface area contributed by atoms with Crippen LogP contribution in [0.1, 0.15) is 29.3 Å². The first-order valence-corrected chi connectivity index (χ1v) is 12.1. The number of imide groups is 1. The number of carbonyl (C=O) groups is 3. The Labute approximate surface area is 207 Å². The summed E-state index contributed by atoms with van der Waals surface area (Å²) >= 11 is 0. The van der Waals surface area contributed by atoms with Gasteiger partial charge in [-0.05, 0) is 61.7 Å². The summed E-state index contributed by atoms with van der Waals surface area (Å²) in [5.41, 5.74) is 2.47. The van der Waals surface area contributed by atoms with Crippen LogP contribution in [-0.2, 0) is 19.2 Å². The van der Waals surface area contributed by atoms with Crippen LogP contribution in [0.15, 0.2) is 47.6 Å². The molecule has 2 saturated carbocycles. The fourth-order valence-electron chi connectivity index (χ4n) is 6.58. The van der Waals surface area contributed by atoms with Crippen molar-refractivity contribution in [2.24, 2.45) is 34.7 Å². The van der Waals surface area contributed by atoms with Gasteiger partial charge >= 0.3 is 5.97 Å². The number of ether oxygens (including phenoxy) is 3. The first kappa shape index (κ1) is 22.6. The lowest BCUT2D eigenvalue weighted by molar-refractivity contribution is -0.125. The highest BCUT2D eigenvalue weighted by Gasteiger charge is 2.70. The number of hydrogen-bond donors (Lipinski definition) is 0. The van der Waals surface area contributed by atoms with E-state index in [0.717, 1.165) is 17.7 Å². The third-order valence-electron chi connectivity index (χ3n) is 8.01. The van der Waals surface area contributed by atoms with Crippen molar-refractivity contribution in [2.75, 3.05) is 25.7 Å². The first-order chi connectivity index (χ1) is 17.5. The van der Waals surface area contributed by atoms with Crippen molar-refractivity contribution in [1.29, 1.82) is 0 Å². The van der Waals surface area contributed by atoms with Gasteiger partial charge in [-0.15, -0.1) is 0 Å². The second-order valence-corrected chi connectivity index (χ2v) is 9.54. The molecule has 186 valence electrons. The molecule has 9 nitrogen and oxygen atoms in total. The molecule has 2 aromatic rings. The van der Waals surface area contributed by atoms with E-state index in [1.165, 1.54) is 4.90 Å². The number of esters is 1. The monoisotopic (exact) mass is 490 g/mol. The molecular weight excluding hydrogens is 464 g/mol. The normalized spacial score (nSPS) is 29.5. The lowest BCUT2D eigenvalue weighted by Gasteiger charge is -2.29. The Bertz CT molecular complexity index is 1290. The predicted octanol–water partition coefficient (Wildman–Crippen LogP) is 3.06. The molecule has 2 aliphatic heterocycles. The summed E-state index contributed by atoms with van der Waals surface area (Å²) < 4.78 is 15.8. The number of nitrogens with zero attached hydrogens (tertiary/aromatic N) is 2. The van der Waals surface area contributed by atoms with Gasteiger partial charge in [-0.2, -0.15) is 0 Å². The molecular formula is C27H26N2O7. The topological polar surface area (TPSA) is 104 Å². The largest absolute Gasteiger partial charge is 0.493 e. The fourth-order valence-corrected chi connectivity index (χ4v) is 6.58. The van der Waals surface area contributed by atoms with Crippen molar-refractivity contribution in [3.63, 3.8) is 0 Å². The Morgan fingerprint density at radius 3 is 2.33 bits per heavy atom. The Kier molecular flexibility index (Phi) is 5.24. The van der Waals surface area contributed by atoms with Crippen molar-refractivity contribution < 1.29 is 33.4 Å². The third-order valence-corrected chi connectivity index (χ3v) is 8.01. The second kappa shape index (κ2) is 8.36. The lowest BCUT2D eigenvalue weighted by atomic mass is 9.71. The molecule has 2 heterocycles. The van der Waals surface area contributed by atoms with Gasteiger partial charge in [-0.1, -0.05) is 5.16 Å². The van der Waals surface area contributed by atoms with Gasteiger partial charge < -0.3 is 19.0 Å². The number of amides is 2. The molecule has 4 aliphatic rings. The number of methoxy groups -OCH3 is 2. The van der Waals surface area contributed by atoms with Gasteiger partial charge in [0.05, 0.1) is 49.6 Å². The highest BCUT2D eigenvalue weighted by molar-refractivity contribution is 6.23. The summed E-state index contributed by atoms with van der Waals surface area (Å²) in [5, 5.41) is 4.40. The minimum Gasteiger partial charge on any atom is -0.493 e. The molecule has 6 atom stereocenters. The first-order valence-electron chi connectivity index (χ1n) is 12.1. The van der Waals surface area contributed by atoms with Gasteiger partial charge in [0.15, 0.2) is 11.5 Å². The second-order valence-electron chi connectivity index (χ2n) is 9.54. The highest BCUT2D eigenvalue weighted by atomic mass is 16.6. The van der Waals surface area contributed by atoms with Gasteiger partial charge in [0.2, 0.25) is 11.8 Å². The van der Waals surface area contributed by atoms with Gasteiger partial charge in [0, 0.05) is 17.4 Å².